The molecule has 1 fully saturated rings. The predicted octanol–water partition coefficient (Wildman–Crippen LogP) is 2.28. The van der Waals surface area contributed by atoms with E-state index < -0.39 is 5.79 Å². The maximum Gasteiger partial charge on any atom is 0.163 e. The van der Waals surface area contributed by atoms with E-state index in [1.54, 1.807) is 6.92 Å². The standard InChI is InChI=1S/C16H23NO3/c1-12(18)9-14(15-11-19-16(2,3)20-15)17-10-13-7-5-4-6-8-13/h4-8,14-15,17H,9-11H2,1-3H3. The van der Waals surface area contributed by atoms with Crippen molar-refractivity contribution in [3.05, 3.63) is 35.9 Å². The van der Waals surface area contributed by atoms with Crippen LogP contribution in [0.1, 0.15) is 32.8 Å². The van der Waals surface area contributed by atoms with Gasteiger partial charge >= 0.3 is 0 Å². The third-order valence-electron chi connectivity index (χ3n) is 3.40. The second-order valence-corrected chi connectivity index (χ2v) is 5.75. The van der Waals surface area contributed by atoms with Gasteiger partial charge in [0.15, 0.2) is 5.79 Å². The lowest BCUT2D eigenvalue weighted by atomic mass is 10.0. The molecule has 2 atom stereocenters. The normalized spacial score (nSPS) is 22.6. The predicted molar refractivity (Wildman–Crippen MR) is 77.3 cm³/mol. The summed E-state index contributed by atoms with van der Waals surface area (Å²) in [5.74, 6) is -0.405. The first-order valence-electron chi connectivity index (χ1n) is 7.05. The average molecular weight is 277 g/mol. The highest BCUT2D eigenvalue weighted by molar-refractivity contribution is 5.76. The van der Waals surface area contributed by atoms with E-state index in [1.165, 1.54) is 5.56 Å². The Morgan fingerprint density at radius 2 is 2.10 bits per heavy atom. The minimum absolute atomic E-state index is 0.0190. The van der Waals surface area contributed by atoms with Crippen LogP contribution in [0.2, 0.25) is 0 Å². The Morgan fingerprint density at radius 3 is 2.65 bits per heavy atom. The monoisotopic (exact) mass is 277 g/mol. The highest BCUT2D eigenvalue weighted by atomic mass is 16.7. The van der Waals surface area contributed by atoms with E-state index in [1.807, 2.05) is 32.0 Å². The SMILES string of the molecule is CC(=O)CC(NCc1ccccc1)C1COC(C)(C)O1. The van der Waals surface area contributed by atoms with Gasteiger partial charge in [0.2, 0.25) is 0 Å². The second-order valence-electron chi connectivity index (χ2n) is 5.75. The van der Waals surface area contributed by atoms with Gasteiger partial charge in [-0.15, -0.1) is 0 Å². The number of carbonyl (C=O) groups is 1. The number of carbonyl (C=O) groups excluding carboxylic acids is 1. The quantitative estimate of drug-likeness (QED) is 0.866. The van der Waals surface area contributed by atoms with Crippen LogP contribution in [0, 0.1) is 0 Å². The summed E-state index contributed by atoms with van der Waals surface area (Å²) in [6, 6.07) is 10.1. The summed E-state index contributed by atoms with van der Waals surface area (Å²) in [4.78, 5) is 11.4. The first-order valence-corrected chi connectivity index (χ1v) is 7.05. The number of hydrogen-bond acceptors (Lipinski definition) is 4. The molecule has 1 aromatic carbocycles. The zero-order valence-electron chi connectivity index (χ0n) is 12.4. The molecular formula is C16H23NO3. The van der Waals surface area contributed by atoms with Crippen LogP contribution in [0.4, 0.5) is 0 Å². The molecule has 0 amide bonds. The van der Waals surface area contributed by atoms with E-state index in [0.717, 1.165) is 6.54 Å². The number of rotatable bonds is 6. The highest BCUT2D eigenvalue weighted by Crippen LogP contribution is 2.25. The molecule has 1 aliphatic rings. The van der Waals surface area contributed by atoms with Crippen LogP contribution in [0.25, 0.3) is 0 Å². The lowest BCUT2D eigenvalue weighted by Crippen LogP contribution is -2.43. The fourth-order valence-electron chi connectivity index (χ4n) is 2.40. The van der Waals surface area contributed by atoms with Gasteiger partial charge in [0.1, 0.15) is 11.9 Å². The van der Waals surface area contributed by atoms with Crippen molar-refractivity contribution in [3.63, 3.8) is 0 Å². The summed E-state index contributed by atoms with van der Waals surface area (Å²) in [6.07, 6.45) is 0.370. The summed E-state index contributed by atoms with van der Waals surface area (Å²) in [7, 11) is 0. The van der Waals surface area contributed by atoms with E-state index in [2.05, 4.69) is 17.4 Å². The summed E-state index contributed by atoms with van der Waals surface area (Å²) in [6.45, 7) is 6.65. The molecule has 4 heteroatoms. The van der Waals surface area contributed by atoms with Gasteiger partial charge in [-0.05, 0) is 26.3 Å². The van der Waals surface area contributed by atoms with E-state index in [9.17, 15) is 4.79 Å². The molecule has 0 spiro atoms. The largest absolute Gasteiger partial charge is 0.348 e. The van der Waals surface area contributed by atoms with Crippen LogP contribution in [0.5, 0.6) is 0 Å². The van der Waals surface area contributed by atoms with Crippen LogP contribution in [-0.2, 0) is 20.8 Å². The molecule has 1 heterocycles. The third kappa shape index (κ3) is 4.40. The van der Waals surface area contributed by atoms with Gasteiger partial charge in [-0.3, -0.25) is 4.79 Å². The molecule has 1 aliphatic heterocycles. The number of hydrogen-bond donors (Lipinski definition) is 1. The number of nitrogens with one attached hydrogen (secondary N) is 1. The summed E-state index contributed by atoms with van der Waals surface area (Å²) in [5.41, 5.74) is 1.19. The Hall–Kier alpha value is -1.23. The molecule has 1 saturated heterocycles. The molecule has 4 nitrogen and oxygen atoms in total. The molecule has 20 heavy (non-hydrogen) atoms. The summed E-state index contributed by atoms with van der Waals surface area (Å²) < 4.78 is 11.5. The van der Waals surface area contributed by atoms with Crippen molar-refractivity contribution in [2.75, 3.05) is 6.61 Å². The number of benzene rings is 1. The molecule has 0 radical (unpaired) electrons. The fraction of sp³-hybridized carbons (Fsp3) is 0.562. The first-order chi connectivity index (χ1) is 9.46. The first kappa shape index (κ1) is 15.2. The Labute approximate surface area is 120 Å². The van der Waals surface area contributed by atoms with Gasteiger partial charge in [-0.25, -0.2) is 0 Å². The molecule has 0 aromatic heterocycles. The Balaban J connectivity index is 1.95. The molecule has 110 valence electrons. The Kier molecular flexibility index (Phi) is 4.91. The molecule has 0 saturated carbocycles. The lowest BCUT2D eigenvalue weighted by molar-refractivity contribution is -0.143. The van der Waals surface area contributed by atoms with Crippen LogP contribution in [0.15, 0.2) is 30.3 Å². The van der Waals surface area contributed by atoms with Gasteiger partial charge in [0.05, 0.1) is 6.61 Å². The molecule has 1 aromatic rings. The molecule has 2 unspecified atom stereocenters. The van der Waals surface area contributed by atoms with E-state index >= 15 is 0 Å². The number of Topliss-reactive ketones (excluding diaryl/α,β-unsaturated/α-hetero) is 1. The zero-order chi connectivity index (χ0) is 14.6. The van der Waals surface area contributed by atoms with E-state index in [4.69, 9.17) is 9.47 Å². The maximum absolute atomic E-state index is 11.4. The van der Waals surface area contributed by atoms with E-state index in [0.29, 0.717) is 13.0 Å². The maximum atomic E-state index is 11.4. The van der Waals surface area contributed by atoms with Crippen molar-refractivity contribution < 1.29 is 14.3 Å². The average Bonchev–Trinajstić information content (AvgIpc) is 2.76. The van der Waals surface area contributed by atoms with Crippen LogP contribution in [0.3, 0.4) is 0 Å². The lowest BCUT2D eigenvalue weighted by Gasteiger charge is -2.24. The summed E-state index contributed by atoms with van der Waals surface area (Å²) >= 11 is 0. The van der Waals surface area contributed by atoms with Gasteiger partial charge in [-0.1, -0.05) is 30.3 Å². The van der Waals surface area contributed by atoms with Crippen molar-refractivity contribution in [2.24, 2.45) is 0 Å². The van der Waals surface area contributed by atoms with Crippen LogP contribution in [-0.4, -0.2) is 30.3 Å². The molecule has 0 aliphatic carbocycles. The van der Waals surface area contributed by atoms with Crippen molar-refractivity contribution in [2.45, 2.75) is 51.7 Å². The third-order valence-corrected chi connectivity index (χ3v) is 3.40. The molecule has 1 N–H and O–H groups in total. The Bertz CT molecular complexity index is 444. The fourth-order valence-corrected chi connectivity index (χ4v) is 2.40. The van der Waals surface area contributed by atoms with Crippen LogP contribution >= 0.6 is 0 Å². The highest BCUT2D eigenvalue weighted by Gasteiger charge is 2.37. The number of ether oxygens (including phenoxy) is 2. The van der Waals surface area contributed by atoms with Crippen molar-refractivity contribution in [3.8, 4) is 0 Å². The minimum atomic E-state index is -0.561. The van der Waals surface area contributed by atoms with Gasteiger partial charge in [0.25, 0.3) is 0 Å². The smallest absolute Gasteiger partial charge is 0.163 e. The van der Waals surface area contributed by atoms with Crippen molar-refractivity contribution in [1.82, 2.24) is 5.32 Å². The zero-order valence-corrected chi connectivity index (χ0v) is 12.4. The molecule has 0 bridgehead atoms. The van der Waals surface area contributed by atoms with E-state index in [-0.39, 0.29) is 17.9 Å². The van der Waals surface area contributed by atoms with Crippen molar-refractivity contribution in [1.29, 1.82) is 0 Å². The van der Waals surface area contributed by atoms with Crippen molar-refractivity contribution >= 4 is 5.78 Å². The van der Waals surface area contributed by atoms with Gasteiger partial charge < -0.3 is 14.8 Å². The number of ketones is 1. The molecular weight excluding hydrogens is 254 g/mol. The Morgan fingerprint density at radius 1 is 1.40 bits per heavy atom. The van der Waals surface area contributed by atoms with Gasteiger partial charge in [0, 0.05) is 19.0 Å². The van der Waals surface area contributed by atoms with Gasteiger partial charge in [-0.2, -0.15) is 0 Å². The summed E-state index contributed by atoms with van der Waals surface area (Å²) in [5, 5.41) is 3.42. The topological polar surface area (TPSA) is 47.6 Å². The van der Waals surface area contributed by atoms with Crippen LogP contribution < -0.4 is 5.32 Å². The minimum Gasteiger partial charge on any atom is -0.348 e. The molecule has 2 rings (SSSR count). The second kappa shape index (κ2) is 6.48.